The van der Waals surface area contributed by atoms with Gasteiger partial charge in [-0.25, -0.2) is 0 Å². The fourth-order valence-corrected chi connectivity index (χ4v) is 2.27. The van der Waals surface area contributed by atoms with E-state index < -0.39 is 0 Å². The van der Waals surface area contributed by atoms with Crippen LogP contribution >= 0.6 is 0 Å². The summed E-state index contributed by atoms with van der Waals surface area (Å²) in [5.41, 5.74) is 1.08. The highest BCUT2D eigenvalue weighted by Crippen LogP contribution is 2.19. The predicted molar refractivity (Wildman–Crippen MR) is 80.0 cm³/mol. The smallest absolute Gasteiger partial charge is 0.236 e. The highest BCUT2D eigenvalue weighted by Gasteiger charge is 2.20. The molecule has 1 aromatic rings. The van der Waals surface area contributed by atoms with Crippen molar-refractivity contribution in [2.45, 2.75) is 0 Å². The summed E-state index contributed by atoms with van der Waals surface area (Å²) < 4.78 is 0. The Balaban J connectivity index is 1.81. The van der Waals surface area contributed by atoms with Gasteiger partial charge in [0.15, 0.2) is 0 Å². The molecule has 1 saturated heterocycles. The van der Waals surface area contributed by atoms with Crippen molar-refractivity contribution >= 4 is 11.6 Å². The summed E-state index contributed by atoms with van der Waals surface area (Å²) in [5, 5.41) is 12.3. The first-order chi connectivity index (χ1) is 9.70. The molecule has 0 saturated carbocycles. The number of anilines is 1. The van der Waals surface area contributed by atoms with Crippen LogP contribution in [0.3, 0.4) is 0 Å². The van der Waals surface area contributed by atoms with Crippen molar-refractivity contribution in [2.24, 2.45) is 0 Å². The fraction of sp³-hybridized carbons (Fsp3) is 0.400. The number of amides is 1. The van der Waals surface area contributed by atoms with E-state index in [4.69, 9.17) is 0 Å². The predicted octanol–water partition coefficient (Wildman–Crippen LogP) is 0.816. The molecule has 5 nitrogen and oxygen atoms in total. The molecule has 2 N–H and O–H groups in total. The number of phenolic OH excluding ortho intramolecular Hbond substituents is 1. The summed E-state index contributed by atoms with van der Waals surface area (Å²) in [4.78, 5) is 16.0. The molecule has 5 heteroatoms. The molecule has 20 heavy (non-hydrogen) atoms. The molecule has 0 atom stereocenters. The number of carbonyl (C=O) groups excluding carboxylic acids is 1. The monoisotopic (exact) mass is 275 g/mol. The maximum absolute atomic E-state index is 11.9. The van der Waals surface area contributed by atoms with Crippen LogP contribution in [0.2, 0.25) is 0 Å². The largest absolute Gasteiger partial charge is 0.508 e. The molecule has 108 valence electrons. The lowest BCUT2D eigenvalue weighted by atomic mass is 10.2. The van der Waals surface area contributed by atoms with E-state index in [0.29, 0.717) is 13.1 Å². The molecule has 1 heterocycles. The van der Waals surface area contributed by atoms with Gasteiger partial charge in [-0.2, -0.15) is 0 Å². The maximum atomic E-state index is 11.9. The van der Waals surface area contributed by atoms with Gasteiger partial charge in [-0.3, -0.25) is 4.79 Å². The van der Waals surface area contributed by atoms with Crippen molar-refractivity contribution in [1.29, 1.82) is 0 Å². The van der Waals surface area contributed by atoms with Crippen molar-refractivity contribution in [2.75, 3.05) is 44.2 Å². The van der Waals surface area contributed by atoms with Gasteiger partial charge in [0.05, 0.1) is 6.54 Å². The maximum Gasteiger partial charge on any atom is 0.236 e. The lowest BCUT2D eigenvalue weighted by Gasteiger charge is -2.36. The zero-order chi connectivity index (χ0) is 14.4. The number of piperazine rings is 1. The first-order valence-corrected chi connectivity index (χ1v) is 6.84. The van der Waals surface area contributed by atoms with Gasteiger partial charge in [0.2, 0.25) is 5.91 Å². The number of benzene rings is 1. The van der Waals surface area contributed by atoms with Crippen molar-refractivity contribution in [1.82, 2.24) is 10.2 Å². The van der Waals surface area contributed by atoms with Gasteiger partial charge in [-0.1, -0.05) is 6.08 Å². The summed E-state index contributed by atoms with van der Waals surface area (Å²) >= 11 is 0. The summed E-state index contributed by atoms with van der Waals surface area (Å²) in [6, 6.07) is 7.18. The summed E-state index contributed by atoms with van der Waals surface area (Å²) in [6.07, 6.45) is 1.75. The minimum absolute atomic E-state index is 0.136. The zero-order valence-corrected chi connectivity index (χ0v) is 11.6. The molecule has 1 aliphatic heterocycles. The Labute approximate surface area is 119 Å². The summed E-state index contributed by atoms with van der Waals surface area (Å²) in [5.74, 6) is 0.410. The number of hydrogen-bond donors (Lipinski definition) is 2. The molecular weight excluding hydrogens is 254 g/mol. The second-order valence-electron chi connectivity index (χ2n) is 4.80. The third kappa shape index (κ3) is 3.74. The Kier molecular flexibility index (Phi) is 5.01. The Hall–Kier alpha value is -2.01. The normalized spacial score (nSPS) is 15.2. The van der Waals surface area contributed by atoms with Crippen molar-refractivity contribution in [3.8, 4) is 5.75 Å². The lowest BCUT2D eigenvalue weighted by molar-refractivity contribution is -0.130. The molecule has 1 fully saturated rings. The van der Waals surface area contributed by atoms with E-state index in [1.807, 2.05) is 17.0 Å². The average molecular weight is 275 g/mol. The Morgan fingerprint density at radius 3 is 2.50 bits per heavy atom. The molecule has 2 rings (SSSR count). The minimum atomic E-state index is 0.136. The highest BCUT2D eigenvalue weighted by atomic mass is 16.3. The summed E-state index contributed by atoms with van der Waals surface area (Å²) in [6.45, 7) is 7.72. The van der Waals surface area contributed by atoms with Gasteiger partial charge in [0.25, 0.3) is 0 Å². The van der Waals surface area contributed by atoms with Crippen LogP contribution < -0.4 is 10.2 Å². The van der Waals surface area contributed by atoms with Crippen LogP contribution in [0, 0.1) is 0 Å². The third-order valence-electron chi connectivity index (χ3n) is 3.41. The number of nitrogens with zero attached hydrogens (tertiary/aromatic N) is 2. The van der Waals surface area contributed by atoms with Gasteiger partial charge < -0.3 is 20.2 Å². The minimum Gasteiger partial charge on any atom is -0.508 e. The lowest BCUT2D eigenvalue weighted by Crippen LogP contribution is -2.50. The molecule has 0 spiro atoms. The van der Waals surface area contributed by atoms with Crippen molar-refractivity contribution < 1.29 is 9.90 Å². The SMILES string of the molecule is C=CCNCC(=O)N1CCN(c2ccc(O)cc2)CC1. The number of hydrogen-bond acceptors (Lipinski definition) is 4. The number of nitrogens with one attached hydrogen (secondary N) is 1. The number of rotatable bonds is 5. The number of phenols is 1. The number of aromatic hydroxyl groups is 1. The fourth-order valence-electron chi connectivity index (χ4n) is 2.27. The number of carbonyl (C=O) groups is 1. The molecule has 0 aliphatic carbocycles. The van der Waals surface area contributed by atoms with Gasteiger partial charge in [-0.05, 0) is 24.3 Å². The van der Waals surface area contributed by atoms with Crippen LogP contribution in [-0.2, 0) is 4.79 Å². The highest BCUT2D eigenvalue weighted by molar-refractivity contribution is 5.78. The molecule has 0 radical (unpaired) electrons. The topological polar surface area (TPSA) is 55.8 Å². The molecular formula is C15H21N3O2. The Morgan fingerprint density at radius 2 is 1.90 bits per heavy atom. The first kappa shape index (κ1) is 14.4. The van der Waals surface area contributed by atoms with Gasteiger partial charge in [0.1, 0.15) is 5.75 Å². The zero-order valence-electron chi connectivity index (χ0n) is 11.6. The van der Waals surface area contributed by atoms with Crippen molar-refractivity contribution in [3.05, 3.63) is 36.9 Å². The quantitative estimate of drug-likeness (QED) is 0.617. The van der Waals surface area contributed by atoms with Gasteiger partial charge >= 0.3 is 0 Å². The van der Waals surface area contributed by atoms with Crippen LogP contribution in [0.4, 0.5) is 5.69 Å². The van der Waals surface area contributed by atoms with E-state index in [1.165, 1.54) is 0 Å². The molecule has 0 bridgehead atoms. The Bertz CT molecular complexity index is 451. The van der Waals surface area contributed by atoms with Crippen LogP contribution in [0.1, 0.15) is 0 Å². The second-order valence-corrected chi connectivity index (χ2v) is 4.80. The van der Waals surface area contributed by atoms with Crippen LogP contribution in [0.5, 0.6) is 5.75 Å². The molecule has 1 aliphatic rings. The third-order valence-corrected chi connectivity index (χ3v) is 3.41. The van der Waals surface area contributed by atoms with E-state index >= 15 is 0 Å². The molecule has 1 amide bonds. The molecule has 0 unspecified atom stereocenters. The van der Waals surface area contributed by atoms with Crippen molar-refractivity contribution in [3.63, 3.8) is 0 Å². The Morgan fingerprint density at radius 1 is 1.25 bits per heavy atom. The standard InChI is InChI=1S/C15H21N3O2/c1-2-7-16-12-15(20)18-10-8-17(9-11-18)13-3-5-14(19)6-4-13/h2-6,16,19H,1,7-12H2. The van der Waals surface area contributed by atoms with E-state index in [9.17, 15) is 9.90 Å². The second kappa shape index (κ2) is 6.96. The van der Waals surface area contributed by atoms with Gasteiger partial charge in [0, 0.05) is 38.4 Å². The van der Waals surface area contributed by atoms with E-state index in [0.717, 1.165) is 31.9 Å². The average Bonchev–Trinajstić information content (AvgIpc) is 2.48. The van der Waals surface area contributed by atoms with Crippen LogP contribution in [-0.4, -0.2) is 55.2 Å². The van der Waals surface area contributed by atoms with Crippen LogP contribution in [0.15, 0.2) is 36.9 Å². The molecule has 1 aromatic carbocycles. The van der Waals surface area contributed by atoms with E-state index in [1.54, 1.807) is 18.2 Å². The summed E-state index contributed by atoms with van der Waals surface area (Å²) in [7, 11) is 0. The van der Waals surface area contributed by atoms with Crippen LogP contribution in [0.25, 0.3) is 0 Å². The van der Waals surface area contributed by atoms with Gasteiger partial charge in [-0.15, -0.1) is 6.58 Å². The molecule has 0 aromatic heterocycles. The van der Waals surface area contributed by atoms with E-state index in [2.05, 4.69) is 16.8 Å². The first-order valence-electron chi connectivity index (χ1n) is 6.84. The van der Waals surface area contributed by atoms with E-state index in [-0.39, 0.29) is 11.7 Å².